The maximum absolute atomic E-state index is 13.0. The van der Waals surface area contributed by atoms with Crippen molar-refractivity contribution in [1.29, 1.82) is 0 Å². The third kappa shape index (κ3) is 4.84. The molecule has 132 valence electrons. The SMILES string of the molecule is CC(C)C[C@@H](NC(N)=O)C(=O)N1CCN(c2ccc(F)cc2)CC1. The van der Waals surface area contributed by atoms with Gasteiger partial charge in [-0.05, 0) is 36.6 Å². The van der Waals surface area contributed by atoms with Gasteiger partial charge < -0.3 is 20.9 Å². The van der Waals surface area contributed by atoms with E-state index in [2.05, 4.69) is 10.2 Å². The molecule has 6 nitrogen and oxygen atoms in total. The summed E-state index contributed by atoms with van der Waals surface area (Å²) in [6.07, 6.45) is 0.556. The van der Waals surface area contributed by atoms with Crippen molar-refractivity contribution in [1.82, 2.24) is 10.2 Å². The van der Waals surface area contributed by atoms with Crippen LogP contribution >= 0.6 is 0 Å². The van der Waals surface area contributed by atoms with Gasteiger partial charge >= 0.3 is 6.03 Å². The van der Waals surface area contributed by atoms with Gasteiger partial charge in [-0.1, -0.05) is 13.8 Å². The Hall–Kier alpha value is -2.31. The molecule has 1 fully saturated rings. The summed E-state index contributed by atoms with van der Waals surface area (Å²) in [4.78, 5) is 27.7. The second-order valence-corrected chi connectivity index (χ2v) is 6.48. The van der Waals surface area contributed by atoms with Crippen LogP contribution in [0.5, 0.6) is 0 Å². The fraction of sp³-hybridized carbons (Fsp3) is 0.529. The van der Waals surface area contributed by atoms with Crippen molar-refractivity contribution in [3.8, 4) is 0 Å². The number of carbonyl (C=O) groups is 2. The lowest BCUT2D eigenvalue weighted by molar-refractivity contribution is -0.133. The van der Waals surface area contributed by atoms with Crippen LogP contribution in [0.25, 0.3) is 0 Å². The smallest absolute Gasteiger partial charge is 0.312 e. The number of nitrogens with zero attached hydrogens (tertiary/aromatic N) is 2. The summed E-state index contributed by atoms with van der Waals surface area (Å²) in [5.41, 5.74) is 6.13. The summed E-state index contributed by atoms with van der Waals surface area (Å²) in [6, 6.07) is 5.08. The summed E-state index contributed by atoms with van der Waals surface area (Å²) in [5, 5.41) is 2.55. The Morgan fingerprint density at radius 2 is 1.75 bits per heavy atom. The van der Waals surface area contributed by atoms with E-state index in [4.69, 9.17) is 5.73 Å². The van der Waals surface area contributed by atoms with E-state index < -0.39 is 12.1 Å². The molecule has 2 rings (SSSR count). The molecule has 1 aromatic rings. The van der Waals surface area contributed by atoms with Gasteiger partial charge in [-0.25, -0.2) is 9.18 Å². The van der Waals surface area contributed by atoms with Gasteiger partial charge in [-0.15, -0.1) is 0 Å². The normalized spacial score (nSPS) is 16.2. The number of piperazine rings is 1. The van der Waals surface area contributed by atoms with Crippen LogP contribution in [0, 0.1) is 11.7 Å². The fourth-order valence-corrected chi connectivity index (χ4v) is 2.92. The number of hydrogen-bond acceptors (Lipinski definition) is 3. The van der Waals surface area contributed by atoms with Crippen LogP contribution in [0.15, 0.2) is 24.3 Å². The van der Waals surface area contributed by atoms with Crippen LogP contribution in [-0.2, 0) is 4.79 Å². The highest BCUT2D eigenvalue weighted by atomic mass is 19.1. The average molecular weight is 336 g/mol. The summed E-state index contributed by atoms with van der Waals surface area (Å²) >= 11 is 0. The average Bonchev–Trinajstić information content (AvgIpc) is 2.53. The molecule has 0 saturated carbocycles. The molecule has 0 aliphatic carbocycles. The third-order valence-corrected chi connectivity index (χ3v) is 4.10. The molecule has 0 radical (unpaired) electrons. The van der Waals surface area contributed by atoms with Crippen LogP contribution in [0.3, 0.4) is 0 Å². The monoisotopic (exact) mass is 336 g/mol. The summed E-state index contributed by atoms with van der Waals surface area (Å²) in [6.45, 7) is 6.45. The number of carbonyl (C=O) groups excluding carboxylic acids is 2. The van der Waals surface area contributed by atoms with Crippen molar-refractivity contribution in [2.45, 2.75) is 26.3 Å². The van der Waals surface area contributed by atoms with Gasteiger partial charge in [-0.2, -0.15) is 0 Å². The Balaban J connectivity index is 1.95. The second-order valence-electron chi connectivity index (χ2n) is 6.48. The number of primary amides is 1. The van der Waals surface area contributed by atoms with Crippen molar-refractivity contribution < 1.29 is 14.0 Å². The van der Waals surface area contributed by atoms with Crippen molar-refractivity contribution in [2.75, 3.05) is 31.1 Å². The van der Waals surface area contributed by atoms with E-state index in [1.54, 1.807) is 17.0 Å². The first-order chi connectivity index (χ1) is 11.4. The largest absolute Gasteiger partial charge is 0.368 e. The zero-order valence-corrected chi connectivity index (χ0v) is 14.2. The molecule has 7 heteroatoms. The molecule has 1 saturated heterocycles. The highest BCUT2D eigenvalue weighted by Gasteiger charge is 2.28. The minimum atomic E-state index is -0.682. The first kappa shape index (κ1) is 18.0. The maximum atomic E-state index is 13.0. The lowest BCUT2D eigenvalue weighted by atomic mass is 10.0. The lowest BCUT2D eigenvalue weighted by Gasteiger charge is -2.37. The Bertz CT molecular complexity index is 568. The number of benzene rings is 1. The molecule has 3 N–H and O–H groups in total. The zero-order chi connectivity index (χ0) is 17.7. The third-order valence-electron chi connectivity index (χ3n) is 4.10. The Labute approximate surface area is 141 Å². The minimum Gasteiger partial charge on any atom is -0.368 e. The molecule has 1 aromatic carbocycles. The standard InChI is InChI=1S/C17H25FN4O2/c1-12(2)11-15(20-17(19)24)16(23)22-9-7-21(8-10-22)14-5-3-13(18)4-6-14/h3-6,12,15H,7-11H2,1-2H3,(H3,19,20,24)/t15-/m1/s1. The first-order valence-corrected chi connectivity index (χ1v) is 8.22. The number of anilines is 1. The van der Waals surface area contributed by atoms with Crippen LogP contribution in [0.2, 0.25) is 0 Å². The Morgan fingerprint density at radius 1 is 1.17 bits per heavy atom. The summed E-state index contributed by atoms with van der Waals surface area (Å²) in [7, 11) is 0. The number of halogens is 1. The topological polar surface area (TPSA) is 78.7 Å². The van der Waals surface area contributed by atoms with Gasteiger partial charge in [0.1, 0.15) is 11.9 Å². The van der Waals surface area contributed by atoms with Gasteiger partial charge in [0, 0.05) is 31.9 Å². The van der Waals surface area contributed by atoms with Crippen LogP contribution in [-0.4, -0.2) is 49.1 Å². The molecule has 0 aromatic heterocycles. The summed E-state index contributed by atoms with van der Waals surface area (Å²) in [5.74, 6) is -0.0887. The van der Waals surface area contributed by atoms with Crippen molar-refractivity contribution in [3.63, 3.8) is 0 Å². The van der Waals surface area contributed by atoms with Gasteiger partial charge in [0.2, 0.25) is 5.91 Å². The molecule has 3 amide bonds. The van der Waals surface area contributed by atoms with E-state index in [0.29, 0.717) is 32.6 Å². The van der Waals surface area contributed by atoms with E-state index in [9.17, 15) is 14.0 Å². The van der Waals surface area contributed by atoms with Crippen molar-refractivity contribution in [3.05, 3.63) is 30.1 Å². The molecule has 1 heterocycles. The number of nitrogens with one attached hydrogen (secondary N) is 1. The van der Waals surface area contributed by atoms with Gasteiger partial charge in [0.25, 0.3) is 0 Å². The molecule has 1 atom stereocenters. The molecular weight excluding hydrogens is 311 g/mol. The molecule has 0 bridgehead atoms. The molecule has 0 spiro atoms. The number of hydrogen-bond donors (Lipinski definition) is 2. The van der Waals surface area contributed by atoms with Crippen molar-refractivity contribution >= 4 is 17.6 Å². The second kappa shape index (κ2) is 7.99. The molecular formula is C17H25FN4O2. The Kier molecular flexibility index (Phi) is 6.00. The van der Waals surface area contributed by atoms with Gasteiger partial charge in [0.15, 0.2) is 0 Å². The molecule has 1 aliphatic heterocycles. The van der Waals surface area contributed by atoms with Crippen LogP contribution in [0.4, 0.5) is 14.9 Å². The van der Waals surface area contributed by atoms with E-state index in [1.807, 2.05) is 13.8 Å². The van der Waals surface area contributed by atoms with E-state index in [0.717, 1.165) is 5.69 Å². The molecule has 1 aliphatic rings. The maximum Gasteiger partial charge on any atom is 0.312 e. The highest BCUT2D eigenvalue weighted by Crippen LogP contribution is 2.18. The van der Waals surface area contributed by atoms with Crippen LogP contribution in [0.1, 0.15) is 20.3 Å². The number of urea groups is 1. The molecule has 24 heavy (non-hydrogen) atoms. The quantitative estimate of drug-likeness (QED) is 0.856. The zero-order valence-electron chi connectivity index (χ0n) is 14.2. The van der Waals surface area contributed by atoms with E-state index >= 15 is 0 Å². The first-order valence-electron chi connectivity index (χ1n) is 8.22. The Morgan fingerprint density at radius 3 is 2.25 bits per heavy atom. The van der Waals surface area contributed by atoms with Crippen molar-refractivity contribution in [2.24, 2.45) is 11.7 Å². The number of nitrogens with two attached hydrogens (primary N) is 1. The van der Waals surface area contributed by atoms with Crippen LogP contribution < -0.4 is 16.0 Å². The van der Waals surface area contributed by atoms with E-state index in [-0.39, 0.29) is 17.6 Å². The number of amides is 3. The van der Waals surface area contributed by atoms with Gasteiger partial charge in [0.05, 0.1) is 0 Å². The predicted octanol–water partition coefficient (Wildman–Crippen LogP) is 1.56. The predicted molar refractivity (Wildman–Crippen MR) is 91.2 cm³/mol. The molecule has 0 unspecified atom stereocenters. The fourth-order valence-electron chi connectivity index (χ4n) is 2.92. The van der Waals surface area contributed by atoms with E-state index in [1.165, 1.54) is 12.1 Å². The van der Waals surface area contributed by atoms with Gasteiger partial charge in [-0.3, -0.25) is 4.79 Å². The number of rotatable bonds is 5. The lowest BCUT2D eigenvalue weighted by Crippen LogP contribution is -2.56. The minimum absolute atomic E-state index is 0.0961. The summed E-state index contributed by atoms with van der Waals surface area (Å²) < 4.78 is 13.0. The highest BCUT2D eigenvalue weighted by molar-refractivity contribution is 5.86.